The van der Waals surface area contributed by atoms with Gasteiger partial charge in [0.1, 0.15) is 5.52 Å². The average molecular weight is 524 g/mol. The third-order valence-corrected chi connectivity index (χ3v) is 7.47. The van der Waals surface area contributed by atoms with Crippen LogP contribution in [0.25, 0.3) is 11.2 Å². The normalized spacial score (nSPS) is 17.9. The topological polar surface area (TPSA) is 94.4 Å². The van der Waals surface area contributed by atoms with Crippen molar-refractivity contribution in [1.82, 2.24) is 29.3 Å². The van der Waals surface area contributed by atoms with Gasteiger partial charge in [0, 0.05) is 56.3 Å². The molecule has 2 aliphatic heterocycles. The highest BCUT2D eigenvalue weighted by molar-refractivity contribution is 5.87. The van der Waals surface area contributed by atoms with Gasteiger partial charge in [0.2, 0.25) is 17.8 Å². The smallest absolute Gasteiger partial charge is 0.246 e. The highest BCUT2D eigenvalue weighted by Gasteiger charge is 2.30. The molecule has 2 saturated heterocycles. The van der Waals surface area contributed by atoms with Crippen molar-refractivity contribution >= 4 is 46.0 Å². The van der Waals surface area contributed by atoms with E-state index >= 15 is 0 Å². The Morgan fingerprint density at radius 3 is 2.44 bits per heavy atom. The van der Waals surface area contributed by atoms with E-state index in [0.29, 0.717) is 30.5 Å². The molecule has 10 nitrogen and oxygen atoms in total. The summed E-state index contributed by atoms with van der Waals surface area (Å²) in [6.07, 6.45) is 3.92. The Morgan fingerprint density at radius 2 is 1.69 bits per heavy atom. The molecule has 0 radical (unpaired) electrons. The highest BCUT2D eigenvalue weighted by atomic mass is 16.2. The first-order valence-corrected chi connectivity index (χ1v) is 13.4. The van der Waals surface area contributed by atoms with Gasteiger partial charge < -0.3 is 25.3 Å². The number of hydrogen-bond donors (Lipinski definition) is 2. The van der Waals surface area contributed by atoms with Crippen molar-refractivity contribution in [2.75, 3.05) is 61.8 Å². The number of likely N-dealkylation sites (tertiary alicyclic amines) is 1. The Morgan fingerprint density at radius 1 is 0.949 bits per heavy atom. The van der Waals surface area contributed by atoms with E-state index in [2.05, 4.69) is 67.9 Å². The summed E-state index contributed by atoms with van der Waals surface area (Å²) in [5, 5.41) is 6.80. The van der Waals surface area contributed by atoms with Gasteiger partial charge in [0.15, 0.2) is 5.65 Å². The van der Waals surface area contributed by atoms with Crippen LogP contribution >= 0.6 is 0 Å². The molecule has 4 heterocycles. The van der Waals surface area contributed by atoms with Crippen molar-refractivity contribution in [2.45, 2.75) is 12.5 Å². The summed E-state index contributed by atoms with van der Waals surface area (Å²) in [6.45, 7) is 9.09. The van der Waals surface area contributed by atoms with E-state index < -0.39 is 0 Å². The number of hydrogen-bond acceptors (Lipinski definition) is 8. The Kier molecular flexibility index (Phi) is 6.85. The fraction of sp³-hybridized carbons (Fsp3) is 0.310. The quantitative estimate of drug-likeness (QED) is 0.351. The van der Waals surface area contributed by atoms with Crippen molar-refractivity contribution in [2.24, 2.45) is 0 Å². The lowest BCUT2D eigenvalue weighted by Gasteiger charge is -2.34. The second kappa shape index (κ2) is 10.7. The molecule has 1 atom stereocenters. The van der Waals surface area contributed by atoms with Crippen LogP contribution in [0.4, 0.5) is 29.0 Å². The monoisotopic (exact) mass is 523 g/mol. The van der Waals surface area contributed by atoms with Crippen molar-refractivity contribution in [3.8, 4) is 0 Å². The molecule has 2 fully saturated rings. The lowest BCUT2D eigenvalue weighted by Crippen LogP contribution is -2.44. The van der Waals surface area contributed by atoms with Gasteiger partial charge >= 0.3 is 0 Å². The summed E-state index contributed by atoms with van der Waals surface area (Å²) in [6, 6.07) is 18.4. The van der Waals surface area contributed by atoms with E-state index in [1.165, 1.54) is 11.8 Å². The van der Waals surface area contributed by atoms with Crippen LogP contribution in [0.5, 0.6) is 0 Å². The number of nitrogens with zero attached hydrogens (tertiary/aromatic N) is 7. The van der Waals surface area contributed by atoms with Gasteiger partial charge in [-0.25, -0.2) is 9.97 Å². The van der Waals surface area contributed by atoms with Gasteiger partial charge in [-0.05, 0) is 55.9 Å². The fourth-order valence-electron chi connectivity index (χ4n) is 5.27. The molecular formula is C29H33N9O. The minimum Gasteiger partial charge on any atom is -0.369 e. The standard InChI is InChI=1S/C29H33N9O/c1-3-26(39)37-14-13-24(20-37)38-27-25(33-29(38)32-21-7-5-4-6-8-21)19-30-28(34-27)31-22-9-11-23(12-10-22)36-17-15-35(2)16-18-36/h3-12,19,24H,1,13-18,20H2,2H3,(H,32,33)(H,30,31,34)/t24-/m0/s1. The van der Waals surface area contributed by atoms with Gasteiger partial charge in [0.05, 0.1) is 12.2 Å². The van der Waals surface area contributed by atoms with Crippen molar-refractivity contribution in [3.05, 3.63) is 73.4 Å². The number of carbonyl (C=O) groups excluding carboxylic acids is 1. The molecule has 0 spiro atoms. The molecule has 2 N–H and O–H groups in total. The summed E-state index contributed by atoms with van der Waals surface area (Å²) < 4.78 is 2.10. The summed E-state index contributed by atoms with van der Waals surface area (Å²) in [5.41, 5.74) is 4.48. The second-order valence-corrected chi connectivity index (χ2v) is 10.1. The maximum absolute atomic E-state index is 12.3. The minimum absolute atomic E-state index is 0.0238. The van der Waals surface area contributed by atoms with Crippen LogP contribution in [0, 0.1) is 0 Å². The molecule has 2 aliphatic rings. The van der Waals surface area contributed by atoms with Crippen LogP contribution in [0.15, 0.2) is 73.4 Å². The predicted octanol–water partition coefficient (Wildman–Crippen LogP) is 4.02. The van der Waals surface area contributed by atoms with E-state index in [0.717, 1.165) is 49.6 Å². The number of rotatable bonds is 7. The number of para-hydroxylation sites is 1. The summed E-state index contributed by atoms with van der Waals surface area (Å²) in [4.78, 5) is 33.1. The molecule has 39 heavy (non-hydrogen) atoms. The predicted molar refractivity (Wildman–Crippen MR) is 155 cm³/mol. The lowest BCUT2D eigenvalue weighted by molar-refractivity contribution is -0.125. The zero-order valence-corrected chi connectivity index (χ0v) is 22.1. The lowest BCUT2D eigenvalue weighted by atomic mass is 10.2. The number of amides is 1. The van der Waals surface area contributed by atoms with Crippen LogP contribution in [0.1, 0.15) is 12.5 Å². The second-order valence-electron chi connectivity index (χ2n) is 10.1. The highest BCUT2D eigenvalue weighted by Crippen LogP contribution is 2.32. The van der Waals surface area contributed by atoms with E-state index in [1.54, 1.807) is 6.20 Å². The maximum Gasteiger partial charge on any atom is 0.246 e. The molecule has 200 valence electrons. The van der Waals surface area contributed by atoms with Gasteiger partial charge in [-0.1, -0.05) is 24.8 Å². The number of likely N-dealkylation sites (N-methyl/N-ethyl adjacent to an activating group) is 1. The van der Waals surface area contributed by atoms with E-state index in [1.807, 2.05) is 35.2 Å². The molecule has 6 rings (SSSR count). The van der Waals surface area contributed by atoms with Gasteiger partial charge in [-0.15, -0.1) is 0 Å². The molecule has 0 bridgehead atoms. The number of piperazine rings is 1. The number of fused-ring (bicyclic) bond motifs is 1. The molecule has 0 unspecified atom stereocenters. The third kappa shape index (κ3) is 5.28. The first-order valence-electron chi connectivity index (χ1n) is 13.4. The van der Waals surface area contributed by atoms with E-state index in [9.17, 15) is 4.79 Å². The van der Waals surface area contributed by atoms with Crippen LogP contribution in [0.2, 0.25) is 0 Å². The van der Waals surface area contributed by atoms with Crippen LogP contribution in [-0.4, -0.2) is 81.5 Å². The third-order valence-electron chi connectivity index (χ3n) is 7.47. The maximum atomic E-state index is 12.3. The zero-order chi connectivity index (χ0) is 26.8. The fourth-order valence-corrected chi connectivity index (χ4v) is 5.27. The number of aromatic nitrogens is 4. The van der Waals surface area contributed by atoms with Gasteiger partial charge in [0.25, 0.3) is 0 Å². The van der Waals surface area contributed by atoms with Crippen molar-refractivity contribution < 1.29 is 4.79 Å². The SMILES string of the molecule is C=CC(=O)N1CC[C@H](n2c(Nc3ccccc3)nc3cnc(Nc4ccc(N5CCN(C)CC5)cc4)nc32)C1. The van der Waals surface area contributed by atoms with Crippen LogP contribution in [-0.2, 0) is 4.79 Å². The van der Waals surface area contributed by atoms with Gasteiger partial charge in [-0.3, -0.25) is 9.36 Å². The number of anilines is 5. The molecule has 0 aliphatic carbocycles. The number of nitrogens with one attached hydrogen (secondary N) is 2. The first-order chi connectivity index (χ1) is 19.1. The number of imidazole rings is 1. The minimum atomic E-state index is -0.0588. The number of carbonyl (C=O) groups is 1. The average Bonchev–Trinajstić information content (AvgIpc) is 3.58. The molecule has 4 aromatic rings. The van der Waals surface area contributed by atoms with E-state index in [-0.39, 0.29) is 11.9 Å². The Hall–Kier alpha value is -4.44. The zero-order valence-electron chi connectivity index (χ0n) is 22.1. The largest absolute Gasteiger partial charge is 0.369 e. The van der Waals surface area contributed by atoms with Crippen molar-refractivity contribution in [1.29, 1.82) is 0 Å². The Bertz CT molecular complexity index is 1460. The first kappa shape index (κ1) is 24.9. The van der Waals surface area contributed by atoms with E-state index in [4.69, 9.17) is 9.97 Å². The molecule has 0 saturated carbocycles. The summed E-state index contributed by atoms with van der Waals surface area (Å²) in [7, 11) is 2.16. The van der Waals surface area contributed by atoms with Crippen LogP contribution in [0.3, 0.4) is 0 Å². The van der Waals surface area contributed by atoms with Crippen LogP contribution < -0.4 is 15.5 Å². The molecular weight excluding hydrogens is 490 g/mol. The molecule has 2 aromatic carbocycles. The molecule has 2 aromatic heterocycles. The van der Waals surface area contributed by atoms with Gasteiger partial charge in [-0.2, -0.15) is 4.98 Å². The number of benzene rings is 2. The molecule has 10 heteroatoms. The summed E-state index contributed by atoms with van der Waals surface area (Å²) >= 11 is 0. The Labute approximate surface area is 228 Å². The van der Waals surface area contributed by atoms with Crippen molar-refractivity contribution in [3.63, 3.8) is 0 Å². The summed E-state index contributed by atoms with van der Waals surface area (Å²) in [5.74, 6) is 1.12. The Balaban J connectivity index is 1.28. The molecule has 1 amide bonds.